The van der Waals surface area contributed by atoms with Gasteiger partial charge in [-0.05, 0) is 41.8 Å². The van der Waals surface area contributed by atoms with Crippen LogP contribution in [0, 0.1) is 0 Å². The summed E-state index contributed by atoms with van der Waals surface area (Å²) >= 11 is 0. The topological polar surface area (TPSA) is 21.7 Å². The third-order valence-electron chi connectivity index (χ3n) is 5.67. The number of ether oxygens (including phenoxy) is 2. The van der Waals surface area contributed by atoms with E-state index in [2.05, 4.69) is 72.6 Å². The molecule has 1 spiro atoms. The van der Waals surface area contributed by atoms with E-state index in [9.17, 15) is 0 Å². The second kappa shape index (κ2) is 5.61. The molecule has 0 saturated heterocycles. The average Bonchev–Trinajstić information content (AvgIpc) is 2.71. The number of hydrogen-bond acceptors (Lipinski definition) is 3. The van der Waals surface area contributed by atoms with Gasteiger partial charge in [-0.2, -0.15) is 0 Å². The van der Waals surface area contributed by atoms with Gasteiger partial charge < -0.3 is 14.4 Å². The second-order valence-electron chi connectivity index (χ2n) is 6.90. The Labute approximate surface area is 153 Å². The highest BCUT2D eigenvalue weighted by Gasteiger charge is 2.47. The fraction of sp³-hybridized carbons (Fsp3) is 0.217. The molecule has 3 nitrogen and oxygen atoms in total. The van der Waals surface area contributed by atoms with E-state index in [-0.39, 0.29) is 0 Å². The fourth-order valence-electron chi connectivity index (χ4n) is 4.49. The fourth-order valence-corrected chi connectivity index (χ4v) is 4.49. The molecule has 3 aromatic rings. The van der Waals surface area contributed by atoms with Gasteiger partial charge in [0.1, 0.15) is 11.4 Å². The molecule has 0 fully saturated rings. The molecule has 0 N–H and O–H groups in total. The third kappa shape index (κ3) is 1.92. The van der Waals surface area contributed by atoms with Gasteiger partial charge >= 0.3 is 0 Å². The van der Waals surface area contributed by atoms with Crippen LogP contribution in [0.4, 0.5) is 11.4 Å². The van der Waals surface area contributed by atoms with Crippen molar-refractivity contribution in [1.82, 2.24) is 0 Å². The van der Waals surface area contributed by atoms with E-state index < -0.39 is 5.60 Å². The number of fused-ring (bicyclic) bond motifs is 6. The molecule has 2 aliphatic heterocycles. The van der Waals surface area contributed by atoms with Crippen LogP contribution in [0.25, 0.3) is 0 Å². The van der Waals surface area contributed by atoms with E-state index in [0.717, 1.165) is 12.2 Å². The predicted octanol–water partition coefficient (Wildman–Crippen LogP) is 4.64. The number of nitrogens with zero attached hydrogens (tertiary/aromatic N) is 1. The molecule has 0 radical (unpaired) electrons. The highest BCUT2D eigenvalue weighted by Crippen LogP contribution is 2.54. The zero-order chi connectivity index (χ0) is 17.7. The minimum Gasteiger partial charge on any atom is -0.497 e. The SMILES string of the molecule is COc1ccc2c(c1)CCOC21c2ccccc2N(C)c2ccccc21. The van der Waals surface area contributed by atoms with Gasteiger partial charge in [-0.1, -0.05) is 42.5 Å². The van der Waals surface area contributed by atoms with Gasteiger partial charge in [0.2, 0.25) is 0 Å². The predicted molar refractivity (Wildman–Crippen MR) is 103 cm³/mol. The molecule has 0 aromatic heterocycles. The van der Waals surface area contributed by atoms with Crippen molar-refractivity contribution in [2.45, 2.75) is 12.0 Å². The first-order valence-corrected chi connectivity index (χ1v) is 9.00. The Hall–Kier alpha value is -2.78. The van der Waals surface area contributed by atoms with Gasteiger partial charge in [0, 0.05) is 29.5 Å². The average molecular weight is 343 g/mol. The Morgan fingerprint density at radius 1 is 0.885 bits per heavy atom. The standard InChI is InChI=1S/C23H21NO2/c1-24-21-9-5-3-7-19(21)23(20-8-4-6-10-22(20)24)18-12-11-17(25-2)15-16(18)13-14-26-23/h3-12,15H,13-14H2,1-2H3. The normalized spacial score (nSPS) is 16.6. The van der Waals surface area contributed by atoms with Crippen LogP contribution in [0.1, 0.15) is 22.3 Å². The second-order valence-corrected chi connectivity index (χ2v) is 6.90. The number of hydrogen-bond donors (Lipinski definition) is 0. The maximum atomic E-state index is 6.64. The van der Waals surface area contributed by atoms with Gasteiger partial charge in [0.25, 0.3) is 0 Å². The van der Waals surface area contributed by atoms with Crippen molar-refractivity contribution in [3.05, 3.63) is 89.0 Å². The van der Waals surface area contributed by atoms with E-state index in [1.165, 1.54) is 33.6 Å². The molecule has 3 aromatic carbocycles. The highest BCUT2D eigenvalue weighted by atomic mass is 16.5. The van der Waals surface area contributed by atoms with Crippen LogP contribution in [0.2, 0.25) is 0 Å². The Balaban J connectivity index is 1.87. The van der Waals surface area contributed by atoms with Crippen LogP contribution in [-0.2, 0) is 16.8 Å². The smallest absolute Gasteiger partial charge is 0.148 e. The Bertz CT molecular complexity index is 948. The van der Waals surface area contributed by atoms with Crippen LogP contribution in [-0.4, -0.2) is 20.8 Å². The first-order chi connectivity index (χ1) is 12.8. The van der Waals surface area contributed by atoms with Gasteiger partial charge in [0.05, 0.1) is 13.7 Å². The summed E-state index contributed by atoms with van der Waals surface area (Å²) in [6.07, 6.45) is 0.897. The minimum atomic E-state index is -0.570. The molecular weight excluding hydrogens is 322 g/mol. The lowest BCUT2D eigenvalue weighted by Crippen LogP contribution is -2.42. The maximum absolute atomic E-state index is 6.64. The summed E-state index contributed by atoms with van der Waals surface area (Å²) in [5.41, 5.74) is 6.73. The van der Waals surface area contributed by atoms with Crippen LogP contribution in [0.5, 0.6) is 5.75 Å². The van der Waals surface area contributed by atoms with Crippen LogP contribution in [0.3, 0.4) is 0 Å². The van der Waals surface area contributed by atoms with E-state index in [1.54, 1.807) is 7.11 Å². The molecule has 0 bridgehead atoms. The molecule has 130 valence electrons. The summed E-state index contributed by atoms with van der Waals surface area (Å²) in [6, 6.07) is 23.5. The molecule has 0 unspecified atom stereocenters. The molecule has 2 aliphatic rings. The van der Waals surface area contributed by atoms with Crippen LogP contribution < -0.4 is 9.64 Å². The minimum absolute atomic E-state index is 0.570. The number of para-hydroxylation sites is 2. The van der Waals surface area contributed by atoms with Crippen molar-refractivity contribution in [1.29, 1.82) is 0 Å². The Morgan fingerprint density at radius 2 is 1.54 bits per heavy atom. The summed E-state index contributed by atoms with van der Waals surface area (Å²) in [7, 11) is 3.85. The van der Waals surface area contributed by atoms with E-state index in [4.69, 9.17) is 9.47 Å². The summed E-state index contributed by atoms with van der Waals surface area (Å²) in [4.78, 5) is 2.26. The number of methoxy groups -OCH3 is 1. The lowest BCUT2D eigenvalue weighted by Gasteiger charge is -2.47. The largest absolute Gasteiger partial charge is 0.497 e. The van der Waals surface area contributed by atoms with E-state index >= 15 is 0 Å². The first kappa shape index (κ1) is 15.5. The molecule has 0 aliphatic carbocycles. The Morgan fingerprint density at radius 3 is 2.19 bits per heavy atom. The molecule has 0 saturated carbocycles. The first-order valence-electron chi connectivity index (χ1n) is 9.00. The molecule has 0 atom stereocenters. The number of benzene rings is 3. The number of rotatable bonds is 1. The van der Waals surface area contributed by atoms with Crippen LogP contribution in [0.15, 0.2) is 66.7 Å². The zero-order valence-electron chi connectivity index (χ0n) is 15.0. The third-order valence-corrected chi connectivity index (χ3v) is 5.67. The Kier molecular flexibility index (Phi) is 3.34. The monoisotopic (exact) mass is 343 g/mol. The van der Waals surface area contributed by atoms with Crippen molar-refractivity contribution in [3.63, 3.8) is 0 Å². The van der Waals surface area contributed by atoms with Gasteiger partial charge in [0.15, 0.2) is 0 Å². The number of anilines is 2. The van der Waals surface area contributed by atoms with E-state index in [0.29, 0.717) is 6.61 Å². The van der Waals surface area contributed by atoms with E-state index in [1.807, 2.05) is 6.07 Å². The zero-order valence-corrected chi connectivity index (χ0v) is 15.0. The molecule has 0 amide bonds. The van der Waals surface area contributed by atoms with Crippen molar-refractivity contribution in [2.75, 3.05) is 25.7 Å². The molecule has 26 heavy (non-hydrogen) atoms. The maximum Gasteiger partial charge on any atom is 0.148 e. The van der Waals surface area contributed by atoms with Crippen molar-refractivity contribution in [2.24, 2.45) is 0 Å². The summed E-state index contributed by atoms with van der Waals surface area (Å²) in [5, 5.41) is 0. The van der Waals surface area contributed by atoms with Crippen LogP contribution >= 0.6 is 0 Å². The van der Waals surface area contributed by atoms with Crippen molar-refractivity contribution >= 4 is 11.4 Å². The summed E-state index contributed by atoms with van der Waals surface area (Å²) < 4.78 is 12.1. The van der Waals surface area contributed by atoms with Crippen molar-refractivity contribution in [3.8, 4) is 5.75 Å². The molecule has 2 heterocycles. The summed E-state index contributed by atoms with van der Waals surface area (Å²) in [6.45, 7) is 0.687. The van der Waals surface area contributed by atoms with Gasteiger partial charge in [-0.25, -0.2) is 0 Å². The lowest BCUT2D eigenvalue weighted by molar-refractivity contribution is 0.00234. The highest BCUT2D eigenvalue weighted by molar-refractivity contribution is 5.79. The molecule has 3 heteroatoms. The molecular formula is C23H21NO2. The van der Waals surface area contributed by atoms with Gasteiger partial charge in [-0.15, -0.1) is 0 Å². The van der Waals surface area contributed by atoms with Crippen molar-refractivity contribution < 1.29 is 9.47 Å². The molecule has 5 rings (SSSR count). The lowest BCUT2D eigenvalue weighted by atomic mass is 9.73. The summed E-state index contributed by atoms with van der Waals surface area (Å²) in [5.74, 6) is 0.898. The van der Waals surface area contributed by atoms with Gasteiger partial charge in [-0.3, -0.25) is 0 Å². The quantitative estimate of drug-likeness (QED) is 0.642.